The Morgan fingerprint density at radius 1 is 1.31 bits per heavy atom. The summed E-state index contributed by atoms with van der Waals surface area (Å²) in [7, 11) is 0. The molecule has 82 valence electrons. The van der Waals surface area contributed by atoms with Crippen molar-refractivity contribution >= 4 is 5.91 Å². The Bertz CT molecular complexity index is 495. The number of nitrogens with two attached hydrogens (primary N) is 2. The summed E-state index contributed by atoms with van der Waals surface area (Å²) in [5, 5.41) is 3.42. The van der Waals surface area contributed by atoms with Gasteiger partial charge < -0.3 is 16.0 Å². The van der Waals surface area contributed by atoms with Gasteiger partial charge in [-0.3, -0.25) is 4.79 Å². The highest BCUT2D eigenvalue weighted by molar-refractivity contribution is 5.88. The Kier molecular flexibility index (Phi) is 2.65. The van der Waals surface area contributed by atoms with Crippen LogP contribution in [0.3, 0.4) is 0 Å². The average molecular weight is 218 g/mol. The van der Waals surface area contributed by atoms with E-state index >= 15 is 0 Å². The highest BCUT2D eigenvalue weighted by Crippen LogP contribution is 2.16. The van der Waals surface area contributed by atoms with E-state index in [9.17, 15) is 4.79 Å². The number of carbonyl (C=O) groups excluding carboxylic acids is 1. The van der Waals surface area contributed by atoms with Gasteiger partial charge in [0.1, 0.15) is 6.04 Å². The number of hydrogen-bond acceptors (Lipinski definition) is 5. The minimum Gasteiger partial charge on any atom is -0.363 e. The molecule has 0 radical (unpaired) electrons. The van der Waals surface area contributed by atoms with Crippen LogP contribution in [-0.4, -0.2) is 16.0 Å². The van der Waals surface area contributed by atoms with E-state index < -0.39 is 11.9 Å². The van der Waals surface area contributed by atoms with Crippen LogP contribution in [0, 0.1) is 0 Å². The lowest BCUT2D eigenvalue weighted by Crippen LogP contribution is -2.15. The first-order chi connectivity index (χ1) is 7.68. The molecule has 1 aromatic carbocycles. The van der Waals surface area contributed by atoms with Crippen molar-refractivity contribution in [3.8, 4) is 0 Å². The standard InChI is InChI=1S/C10H10N4O2/c11-7(6-4-2-1-3-5-6)10-13-9(8(12)15)14-16-10/h1-5,7H,11H2,(H2,12,15). The third-order valence-corrected chi connectivity index (χ3v) is 2.09. The molecule has 0 spiro atoms. The van der Waals surface area contributed by atoms with Gasteiger partial charge in [-0.05, 0) is 5.56 Å². The number of carbonyl (C=O) groups is 1. The van der Waals surface area contributed by atoms with Gasteiger partial charge in [-0.1, -0.05) is 35.5 Å². The molecule has 1 aromatic heterocycles. The van der Waals surface area contributed by atoms with Gasteiger partial charge in [-0.15, -0.1) is 0 Å². The molecule has 2 aromatic rings. The topological polar surface area (TPSA) is 108 Å². The largest absolute Gasteiger partial charge is 0.363 e. The summed E-state index contributed by atoms with van der Waals surface area (Å²) in [6.45, 7) is 0. The number of hydrogen-bond donors (Lipinski definition) is 2. The van der Waals surface area contributed by atoms with Crippen LogP contribution in [0.15, 0.2) is 34.9 Å². The zero-order valence-electron chi connectivity index (χ0n) is 8.33. The molecule has 0 bridgehead atoms. The predicted octanol–water partition coefficient (Wildman–Crippen LogP) is 0.217. The molecule has 4 N–H and O–H groups in total. The summed E-state index contributed by atoms with van der Waals surface area (Å²) in [6, 6.07) is 8.68. The van der Waals surface area contributed by atoms with E-state index in [1.165, 1.54) is 0 Å². The first-order valence-electron chi connectivity index (χ1n) is 4.62. The molecule has 1 unspecified atom stereocenters. The Morgan fingerprint density at radius 3 is 2.56 bits per heavy atom. The van der Waals surface area contributed by atoms with Gasteiger partial charge in [0.15, 0.2) is 0 Å². The van der Waals surface area contributed by atoms with E-state index in [2.05, 4.69) is 10.1 Å². The Morgan fingerprint density at radius 2 is 2.00 bits per heavy atom. The van der Waals surface area contributed by atoms with Crippen LogP contribution in [-0.2, 0) is 0 Å². The van der Waals surface area contributed by atoms with Gasteiger partial charge in [0.2, 0.25) is 5.89 Å². The van der Waals surface area contributed by atoms with Crippen LogP contribution in [0.25, 0.3) is 0 Å². The molecule has 0 fully saturated rings. The Hall–Kier alpha value is -2.21. The van der Waals surface area contributed by atoms with Crippen molar-refractivity contribution < 1.29 is 9.32 Å². The molecule has 0 aliphatic heterocycles. The van der Waals surface area contributed by atoms with Crippen molar-refractivity contribution in [1.82, 2.24) is 10.1 Å². The van der Waals surface area contributed by atoms with Crippen molar-refractivity contribution in [2.75, 3.05) is 0 Å². The summed E-state index contributed by atoms with van der Waals surface area (Å²) in [4.78, 5) is 14.6. The third-order valence-electron chi connectivity index (χ3n) is 2.09. The summed E-state index contributed by atoms with van der Waals surface area (Å²) in [6.07, 6.45) is 0. The van der Waals surface area contributed by atoms with Crippen LogP contribution < -0.4 is 11.5 Å². The summed E-state index contributed by atoms with van der Waals surface area (Å²) >= 11 is 0. The lowest BCUT2D eigenvalue weighted by molar-refractivity contribution is 0.0987. The van der Waals surface area contributed by atoms with Crippen LogP contribution >= 0.6 is 0 Å². The van der Waals surface area contributed by atoms with E-state index in [-0.39, 0.29) is 11.7 Å². The molecular formula is C10H10N4O2. The fraction of sp³-hybridized carbons (Fsp3) is 0.100. The van der Waals surface area contributed by atoms with Crippen molar-refractivity contribution in [3.05, 3.63) is 47.6 Å². The van der Waals surface area contributed by atoms with Gasteiger partial charge in [-0.25, -0.2) is 0 Å². The van der Waals surface area contributed by atoms with Crippen molar-refractivity contribution in [3.63, 3.8) is 0 Å². The van der Waals surface area contributed by atoms with Crippen molar-refractivity contribution in [2.45, 2.75) is 6.04 Å². The zero-order chi connectivity index (χ0) is 11.5. The highest BCUT2D eigenvalue weighted by Gasteiger charge is 2.18. The number of nitrogens with zero attached hydrogens (tertiary/aromatic N) is 2. The first-order valence-corrected chi connectivity index (χ1v) is 4.62. The molecular weight excluding hydrogens is 208 g/mol. The van der Waals surface area contributed by atoms with Gasteiger partial charge in [0.25, 0.3) is 11.7 Å². The van der Waals surface area contributed by atoms with E-state index in [0.29, 0.717) is 0 Å². The maximum atomic E-state index is 10.8. The molecule has 0 saturated carbocycles. The second kappa shape index (κ2) is 4.11. The fourth-order valence-electron chi connectivity index (χ4n) is 1.26. The summed E-state index contributed by atoms with van der Waals surface area (Å²) in [5.74, 6) is -0.739. The van der Waals surface area contributed by atoms with Crippen LogP contribution in [0.5, 0.6) is 0 Å². The number of primary amides is 1. The van der Waals surface area contributed by atoms with Gasteiger partial charge >= 0.3 is 0 Å². The van der Waals surface area contributed by atoms with Crippen LogP contribution in [0.2, 0.25) is 0 Å². The molecule has 16 heavy (non-hydrogen) atoms. The number of rotatable bonds is 3. The lowest BCUT2D eigenvalue weighted by atomic mass is 10.1. The van der Waals surface area contributed by atoms with Crippen molar-refractivity contribution in [2.24, 2.45) is 11.5 Å². The fourth-order valence-corrected chi connectivity index (χ4v) is 1.26. The smallest absolute Gasteiger partial charge is 0.290 e. The predicted molar refractivity (Wildman–Crippen MR) is 55.3 cm³/mol. The third kappa shape index (κ3) is 1.91. The molecule has 6 heteroatoms. The molecule has 6 nitrogen and oxygen atoms in total. The molecule has 1 amide bonds. The van der Waals surface area contributed by atoms with Crippen molar-refractivity contribution in [1.29, 1.82) is 0 Å². The lowest BCUT2D eigenvalue weighted by Gasteiger charge is -2.05. The number of aromatic nitrogens is 2. The second-order valence-corrected chi connectivity index (χ2v) is 3.21. The second-order valence-electron chi connectivity index (χ2n) is 3.21. The monoisotopic (exact) mass is 218 g/mol. The van der Waals surface area contributed by atoms with Gasteiger partial charge in [-0.2, -0.15) is 4.98 Å². The Balaban J connectivity index is 2.27. The Labute approximate surface area is 91.2 Å². The summed E-state index contributed by atoms with van der Waals surface area (Å²) in [5.41, 5.74) is 11.7. The quantitative estimate of drug-likeness (QED) is 0.765. The normalized spacial score (nSPS) is 12.3. The molecule has 1 atom stereocenters. The van der Waals surface area contributed by atoms with E-state index in [1.54, 1.807) is 0 Å². The number of benzene rings is 1. The minimum atomic E-state index is -0.740. The molecule has 0 aliphatic rings. The van der Waals surface area contributed by atoms with E-state index in [4.69, 9.17) is 16.0 Å². The minimum absolute atomic E-state index is 0.165. The maximum Gasteiger partial charge on any atom is 0.290 e. The van der Waals surface area contributed by atoms with Gasteiger partial charge in [0.05, 0.1) is 0 Å². The van der Waals surface area contributed by atoms with E-state index in [1.807, 2.05) is 30.3 Å². The van der Waals surface area contributed by atoms with Crippen LogP contribution in [0.4, 0.5) is 0 Å². The molecule has 0 saturated heterocycles. The molecule has 2 rings (SSSR count). The van der Waals surface area contributed by atoms with Crippen LogP contribution in [0.1, 0.15) is 28.1 Å². The maximum absolute atomic E-state index is 10.8. The van der Waals surface area contributed by atoms with Gasteiger partial charge in [0, 0.05) is 0 Å². The highest BCUT2D eigenvalue weighted by atomic mass is 16.5. The number of amides is 1. The first kappa shape index (κ1) is 10.3. The molecule has 0 aliphatic carbocycles. The SMILES string of the molecule is NC(=O)c1noc(C(N)c2ccccc2)n1. The van der Waals surface area contributed by atoms with E-state index in [0.717, 1.165) is 5.56 Å². The molecule has 1 heterocycles. The summed E-state index contributed by atoms with van der Waals surface area (Å²) < 4.78 is 4.86. The zero-order valence-corrected chi connectivity index (χ0v) is 8.33. The average Bonchev–Trinajstić information content (AvgIpc) is 2.78.